The summed E-state index contributed by atoms with van der Waals surface area (Å²) in [5.41, 5.74) is 1.68. The van der Waals surface area contributed by atoms with Crippen molar-refractivity contribution in [2.24, 2.45) is 10.9 Å². The van der Waals surface area contributed by atoms with Gasteiger partial charge in [-0.15, -0.1) is 24.0 Å². The molecule has 148 valence electrons. The lowest BCUT2D eigenvalue weighted by atomic mass is 9.85. The molecule has 1 aromatic carbocycles. The predicted octanol–water partition coefficient (Wildman–Crippen LogP) is 1.34. The van der Waals surface area contributed by atoms with Crippen LogP contribution in [-0.4, -0.2) is 55.9 Å². The van der Waals surface area contributed by atoms with E-state index in [9.17, 15) is 9.59 Å². The lowest BCUT2D eigenvalue weighted by Crippen LogP contribution is -2.49. The predicted molar refractivity (Wildman–Crippen MR) is 116 cm³/mol. The molecule has 1 aliphatic heterocycles. The summed E-state index contributed by atoms with van der Waals surface area (Å²) in [5.74, 6) is 1.37. The monoisotopic (exact) mass is 485 g/mol. The average Bonchev–Trinajstić information content (AvgIpc) is 2.63. The van der Waals surface area contributed by atoms with Gasteiger partial charge >= 0.3 is 0 Å². The van der Waals surface area contributed by atoms with Crippen molar-refractivity contribution in [1.82, 2.24) is 20.9 Å². The molecule has 7 nitrogen and oxygen atoms in total. The molecule has 0 spiro atoms. The lowest BCUT2D eigenvalue weighted by Gasteiger charge is -2.26. The van der Waals surface area contributed by atoms with Crippen molar-refractivity contribution in [3.8, 4) is 0 Å². The molecule has 3 N–H and O–H groups in total. The van der Waals surface area contributed by atoms with E-state index in [0.29, 0.717) is 25.2 Å². The topological polar surface area (TPSA) is 85.8 Å². The number of amides is 2. The standard InChI is InChI=1S/C19H27N5O2.HI/c1-20-19(22-11-14-3-2-4-14)23-12-15-5-7-16(8-6-15)18(26)24-10-9-21-17(25)13-24;/h5-8,14H,2-4,9-13H2,1H3,(H,21,25)(H2,20,22,23);1H. The first-order valence-electron chi connectivity index (χ1n) is 9.25. The van der Waals surface area contributed by atoms with E-state index in [1.165, 1.54) is 19.3 Å². The smallest absolute Gasteiger partial charge is 0.254 e. The number of hydrogen-bond acceptors (Lipinski definition) is 3. The van der Waals surface area contributed by atoms with Gasteiger partial charge in [0, 0.05) is 38.8 Å². The molecule has 0 radical (unpaired) electrons. The second kappa shape index (κ2) is 10.5. The highest BCUT2D eigenvalue weighted by Gasteiger charge is 2.22. The highest BCUT2D eigenvalue weighted by atomic mass is 127. The number of piperazine rings is 1. The fourth-order valence-corrected chi connectivity index (χ4v) is 3.10. The molecule has 2 aliphatic rings. The zero-order chi connectivity index (χ0) is 18.4. The van der Waals surface area contributed by atoms with Gasteiger partial charge in [-0.05, 0) is 36.5 Å². The summed E-state index contributed by atoms with van der Waals surface area (Å²) in [7, 11) is 1.77. The maximum Gasteiger partial charge on any atom is 0.254 e. The van der Waals surface area contributed by atoms with Crippen LogP contribution in [-0.2, 0) is 11.3 Å². The summed E-state index contributed by atoms with van der Waals surface area (Å²) in [6, 6.07) is 7.50. The summed E-state index contributed by atoms with van der Waals surface area (Å²) in [6.07, 6.45) is 3.95. The number of halogens is 1. The maximum absolute atomic E-state index is 12.5. The first-order valence-corrected chi connectivity index (χ1v) is 9.25. The summed E-state index contributed by atoms with van der Waals surface area (Å²) in [4.78, 5) is 29.7. The van der Waals surface area contributed by atoms with Gasteiger partial charge < -0.3 is 20.9 Å². The summed E-state index contributed by atoms with van der Waals surface area (Å²) < 4.78 is 0. The minimum atomic E-state index is -0.105. The van der Waals surface area contributed by atoms with E-state index >= 15 is 0 Å². The molecule has 1 saturated carbocycles. The fraction of sp³-hybridized carbons (Fsp3) is 0.526. The Kier molecular flexibility index (Phi) is 8.33. The minimum absolute atomic E-state index is 0. The molecule has 0 aromatic heterocycles. The van der Waals surface area contributed by atoms with Crippen LogP contribution in [0.15, 0.2) is 29.3 Å². The van der Waals surface area contributed by atoms with Gasteiger partial charge in [-0.25, -0.2) is 0 Å². The van der Waals surface area contributed by atoms with Crippen LogP contribution in [0.1, 0.15) is 35.2 Å². The van der Waals surface area contributed by atoms with E-state index in [-0.39, 0.29) is 42.3 Å². The molecule has 8 heteroatoms. The Morgan fingerprint density at radius 3 is 2.59 bits per heavy atom. The minimum Gasteiger partial charge on any atom is -0.356 e. The molecule has 2 amide bonds. The van der Waals surface area contributed by atoms with Gasteiger partial charge in [0.1, 0.15) is 0 Å². The molecule has 1 heterocycles. The summed E-state index contributed by atoms with van der Waals surface area (Å²) >= 11 is 0. The number of hydrogen-bond donors (Lipinski definition) is 3. The van der Waals surface area contributed by atoms with E-state index in [1.807, 2.05) is 24.3 Å². The van der Waals surface area contributed by atoms with Gasteiger partial charge in [0.25, 0.3) is 5.91 Å². The fourth-order valence-electron chi connectivity index (χ4n) is 3.10. The Morgan fingerprint density at radius 2 is 2.00 bits per heavy atom. The van der Waals surface area contributed by atoms with E-state index in [2.05, 4.69) is 20.9 Å². The summed E-state index contributed by atoms with van der Waals surface area (Å²) in [6.45, 7) is 2.81. The zero-order valence-electron chi connectivity index (χ0n) is 15.7. The molecular weight excluding hydrogens is 457 g/mol. The second-order valence-corrected chi connectivity index (χ2v) is 6.88. The molecular formula is C19H28IN5O2. The molecule has 0 bridgehead atoms. The van der Waals surface area contributed by atoms with Crippen molar-refractivity contribution in [1.29, 1.82) is 0 Å². The van der Waals surface area contributed by atoms with Crippen LogP contribution in [0.2, 0.25) is 0 Å². The molecule has 1 aliphatic carbocycles. The number of carbonyl (C=O) groups excluding carboxylic acids is 2. The Morgan fingerprint density at radius 1 is 1.26 bits per heavy atom. The Hall–Kier alpha value is -1.84. The number of rotatable bonds is 5. The number of nitrogens with zero attached hydrogens (tertiary/aromatic N) is 2. The largest absolute Gasteiger partial charge is 0.356 e. The van der Waals surface area contributed by atoms with Gasteiger partial charge in [0.05, 0.1) is 6.54 Å². The quantitative estimate of drug-likeness (QED) is 0.334. The van der Waals surface area contributed by atoms with Crippen molar-refractivity contribution in [3.05, 3.63) is 35.4 Å². The molecule has 1 aromatic rings. The molecule has 1 saturated heterocycles. The van der Waals surface area contributed by atoms with Crippen molar-refractivity contribution in [2.75, 3.05) is 33.2 Å². The molecule has 3 rings (SSSR count). The van der Waals surface area contributed by atoms with Crippen LogP contribution in [0.5, 0.6) is 0 Å². The average molecular weight is 485 g/mol. The van der Waals surface area contributed by atoms with Crippen molar-refractivity contribution in [3.63, 3.8) is 0 Å². The SMILES string of the molecule is CN=C(NCc1ccc(C(=O)N2CCNC(=O)C2)cc1)NCC1CCC1.I. The molecule has 2 fully saturated rings. The van der Waals surface area contributed by atoms with Crippen LogP contribution in [0.3, 0.4) is 0 Å². The van der Waals surface area contributed by atoms with Gasteiger partial charge in [-0.2, -0.15) is 0 Å². The van der Waals surface area contributed by atoms with Crippen LogP contribution in [0.4, 0.5) is 0 Å². The van der Waals surface area contributed by atoms with E-state index < -0.39 is 0 Å². The first kappa shape index (κ1) is 21.5. The van der Waals surface area contributed by atoms with E-state index in [0.717, 1.165) is 24.0 Å². The van der Waals surface area contributed by atoms with Gasteiger partial charge in [0.2, 0.25) is 5.91 Å². The van der Waals surface area contributed by atoms with Crippen molar-refractivity contribution in [2.45, 2.75) is 25.8 Å². The van der Waals surface area contributed by atoms with Crippen molar-refractivity contribution < 1.29 is 9.59 Å². The lowest BCUT2D eigenvalue weighted by molar-refractivity contribution is -0.123. The van der Waals surface area contributed by atoms with Crippen molar-refractivity contribution >= 4 is 41.8 Å². The number of benzene rings is 1. The molecule has 0 atom stereocenters. The third-order valence-corrected chi connectivity index (χ3v) is 4.99. The highest BCUT2D eigenvalue weighted by molar-refractivity contribution is 14.0. The molecule has 27 heavy (non-hydrogen) atoms. The van der Waals surface area contributed by atoms with Gasteiger partial charge in [-0.3, -0.25) is 14.6 Å². The number of guanidine groups is 1. The van der Waals surface area contributed by atoms with Crippen LogP contribution < -0.4 is 16.0 Å². The zero-order valence-corrected chi connectivity index (χ0v) is 18.0. The second-order valence-electron chi connectivity index (χ2n) is 6.88. The Labute approximate surface area is 177 Å². The van der Waals surface area contributed by atoms with E-state index in [1.54, 1.807) is 11.9 Å². The van der Waals surface area contributed by atoms with Crippen LogP contribution >= 0.6 is 24.0 Å². The summed E-state index contributed by atoms with van der Waals surface area (Å²) in [5, 5.41) is 9.38. The number of carbonyl (C=O) groups is 2. The number of aliphatic imine (C=N–C) groups is 1. The van der Waals surface area contributed by atoms with Gasteiger partial charge in [0.15, 0.2) is 5.96 Å². The van der Waals surface area contributed by atoms with Crippen LogP contribution in [0.25, 0.3) is 0 Å². The Balaban J connectivity index is 0.00000261. The molecule has 0 unspecified atom stereocenters. The third kappa shape index (κ3) is 6.08. The maximum atomic E-state index is 12.5. The van der Waals surface area contributed by atoms with E-state index in [4.69, 9.17) is 0 Å². The highest BCUT2D eigenvalue weighted by Crippen LogP contribution is 2.25. The first-order chi connectivity index (χ1) is 12.7. The normalized spacial score (nSPS) is 17.4. The number of nitrogens with one attached hydrogen (secondary N) is 3. The third-order valence-electron chi connectivity index (χ3n) is 4.99. The Bertz CT molecular complexity index is 673. The van der Waals surface area contributed by atoms with Crippen LogP contribution in [0, 0.1) is 5.92 Å². The van der Waals surface area contributed by atoms with Gasteiger partial charge in [-0.1, -0.05) is 18.6 Å².